The highest BCUT2D eigenvalue weighted by Crippen LogP contribution is 2.41. The van der Waals surface area contributed by atoms with E-state index in [1.54, 1.807) is 0 Å². The lowest BCUT2D eigenvalue weighted by molar-refractivity contribution is -0.659. The summed E-state index contributed by atoms with van der Waals surface area (Å²) in [7, 11) is 4.17. The van der Waals surface area contributed by atoms with Gasteiger partial charge in [0.15, 0.2) is 5.58 Å². The van der Waals surface area contributed by atoms with Gasteiger partial charge in [-0.3, -0.25) is 4.98 Å². The van der Waals surface area contributed by atoms with E-state index in [1.165, 1.54) is 5.56 Å². The zero-order chi connectivity index (χ0) is 25.3. The first-order valence-corrected chi connectivity index (χ1v) is 12.4. The quantitative estimate of drug-likeness (QED) is 0.254. The number of aromatic nitrogens is 3. The first-order valence-electron chi connectivity index (χ1n) is 12.4. The van der Waals surface area contributed by atoms with E-state index in [2.05, 4.69) is 127 Å². The van der Waals surface area contributed by atoms with E-state index in [1.807, 2.05) is 0 Å². The third-order valence-corrected chi connectivity index (χ3v) is 6.95. The van der Waals surface area contributed by atoms with Crippen LogP contribution >= 0.6 is 0 Å². The molecular weight excluding hydrogens is 430 g/mol. The average molecular weight is 467 g/mol. The Kier molecular flexibility index (Phi) is 5.21. The summed E-state index contributed by atoms with van der Waals surface area (Å²) in [6.07, 6.45) is 4.17. The molecule has 0 radical (unpaired) electrons. The smallest absolute Gasteiger partial charge is 0.292 e. The first kappa shape index (κ1) is 23.3. The molecule has 4 nitrogen and oxygen atoms in total. The molecule has 0 amide bonds. The highest BCUT2D eigenvalue weighted by atomic mass is 16.3. The van der Waals surface area contributed by atoms with Crippen LogP contribution in [0.3, 0.4) is 0 Å². The summed E-state index contributed by atoms with van der Waals surface area (Å²) in [5, 5.41) is 2.28. The molecule has 0 N–H and O–H groups in total. The number of benzene rings is 2. The Morgan fingerprint density at radius 1 is 0.857 bits per heavy atom. The van der Waals surface area contributed by atoms with Crippen LogP contribution in [-0.4, -0.2) is 9.55 Å². The molecule has 4 heteroatoms. The van der Waals surface area contributed by atoms with Crippen LogP contribution in [0.15, 0.2) is 59.3 Å². The van der Waals surface area contributed by atoms with Crippen LogP contribution < -0.4 is 4.57 Å². The minimum atomic E-state index is -0.0522. The molecule has 0 spiro atoms. The van der Waals surface area contributed by atoms with Crippen molar-refractivity contribution in [1.29, 1.82) is 0 Å². The van der Waals surface area contributed by atoms with Gasteiger partial charge >= 0.3 is 0 Å². The molecule has 180 valence electrons. The Hall–Kier alpha value is -3.40. The zero-order valence-electron chi connectivity index (χ0n) is 22.4. The van der Waals surface area contributed by atoms with Gasteiger partial charge in [0.2, 0.25) is 0 Å². The first-order chi connectivity index (χ1) is 16.4. The Bertz CT molecular complexity index is 1530. The molecule has 0 saturated carbocycles. The molecule has 0 bridgehead atoms. The van der Waals surface area contributed by atoms with E-state index >= 15 is 0 Å². The largest absolute Gasteiger partial charge is 0.454 e. The number of fused-ring (bicyclic) bond motifs is 3. The third kappa shape index (κ3) is 3.85. The molecular formula is C31H36N3O+. The summed E-state index contributed by atoms with van der Waals surface area (Å²) in [6, 6.07) is 15.4. The van der Waals surface area contributed by atoms with E-state index in [4.69, 9.17) is 9.40 Å². The normalized spacial score (nSPS) is 12.7. The molecule has 0 saturated heterocycles. The van der Waals surface area contributed by atoms with Gasteiger partial charge in [-0.15, -0.1) is 0 Å². The predicted octanol–water partition coefficient (Wildman–Crippen LogP) is 7.38. The van der Waals surface area contributed by atoms with Gasteiger partial charge in [0.25, 0.3) is 5.82 Å². The minimum absolute atomic E-state index is 0.0522. The third-order valence-electron chi connectivity index (χ3n) is 6.95. The fraction of sp³-hybridized carbons (Fsp3) is 0.355. The number of aryl methyl sites for hydroxylation is 3. The van der Waals surface area contributed by atoms with Gasteiger partial charge in [-0.2, -0.15) is 0 Å². The second-order valence-electron chi connectivity index (χ2n) is 11.9. The number of hydrogen-bond acceptors (Lipinski definition) is 2. The fourth-order valence-corrected chi connectivity index (χ4v) is 4.86. The molecule has 5 aromatic rings. The van der Waals surface area contributed by atoms with Crippen molar-refractivity contribution in [2.24, 2.45) is 14.1 Å². The van der Waals surface area contributed by atoms with Crippen molar-refractivity contribution in [3.63, 3.8) is 0 Å². The summed E-state index contributed by atoms with van der Waals surface area (Å²) < 4.78 is 11.1. The second kappa shape index (κ2) is 7.81. The molecule has 3 heterocycles. The number of rotatable bonds is 2. The van der Waals surface area contributed by atoms with Crippen LogP contribution in [0.1, 0.15) is 58.5 Å². The number of pyridine rings is 1. The van der Waals surface area contributed by atoms with Crippen molar-refractivity contribution in [2.75, 3.05) is 0 Å². The highest BCUT2D eigenvalue weighted by molar-refractivity contribution is 6.13. The molecule has 0 aliphatic heterocycles. The number of para-hydroxylation sites is 1. The van der Waals surface area contributed by atoms with Crippen molar-refractivity contribution in [3.8, 4) is 22.5 Å². The molecule has 0 atom stereocenters. The molecule has 0 aliphatic carbocycles. The Morgan fingerprint density at radius 3 is 2.06 bits per heavy atom. The van der Waals surface area contributed by atoms with Crippen molar-refractivity contribution in [3.05, 3.63) is 71.8 Å². The maximum absolute atomic E-state index is 6.79. The topological polar surface area (TPSA) is 34.8 Å². The molecule has 3 aromatic heterocycles. The second-order valence-corrected chi connectivity index (χ2v) is 11.9. The van der Waals surface area contributed by atoms with E-state index in [0.717, 1.165) is 55.8 Å². The molecule has 35 heavy (non-hydrogen) atoms. The monoisotopic (exact) mass is 466 g/mol. The molecule has 0 aliphatic rings. The van der Waals surface area contributed by atoms with Gasteiger partial charge in [-0.05, 0) is 30.2 Å². The lowest BCUT2D eigenvalue weighted by atomic mass is 9.85. The predicted molar refractivity (Wildman–Crippen MR) is 145 cm³/mol. The van der Waals surface area contributed by atoms with Crippen molar-refractivity contribution in [2.45, 2.75) is 59.3 Å². The van der Waals surface area contributed by atoms with Gasteiger partial charge < -0.3 is 4.42 Å². The summed E-state index contributed by atoms with van der Waals surface area (Å²) >= 11 is 0. The summed E-state index contributed by atoms with van der Waals surface area (Å²) in [6.45, 7) is 15.5. The van der Waals surface area contributed by atoms with Gasteiger partial charge in [-0.1, -0.05) is 71.9 Å². The van der Waals surface area contributed by atoms with E-state index in [9.17, 15) is 0 Å². The number of nitrogens with zero attached hydrogens (tertiary/aromatic N) is 3. The van der Waals surface area contributed by atoms with Crippen LogP contribution in [0, 0.1) is 6.92 Å². The minimum Gasteiger partial charge on any atom is -0.454 e. The van der Waals surface area contributed by atoms with Crippen LogP contribution in [-0.2, 0) is 24.9 Å². The highest BCUT2D eigenvalue weighted by Gasteiger charge is 2.26. The Balaban J connectivity index is 1.84. The lowest BCUT2D eigenvalue weighted by Gasteiger charge is -2.25. The van der Waals surface area contributed by atoms with Gasteiger partial charge in [-0.25, -0.2) is 9.13 Å². The van der Waals surface area contributed by atoms with E-state index < -0.39 is 0 Å². The Labute approximate surface area is 208 Å². The van der Waals surface area contributed by atoms with E-state index in [0.29, 0.717) is 0 Å². The summed E-state index contributed by atoms with van der Waals surface area (Å²) in [5.74, 6) is 1.13. The van der Waals surface area contributed by atoms with Gasteiger partial charge in [0, 0.05) is 38.6 Å². The van der Waals surface area contributed by atoms with Crippen LogP contribution in [0.2, 0.25) is 0 Å². The number of hydrogen-bond donors (Lipinski definition) is 0. The lowest BCUT2D eigenvalue weighted by Crippen LogP contribution is -2.29. The maximum atomic E-state index is 6.79. The fourth-order valence-electron chi connectivity index (χ4n) is 4.86. The van der Waals surface area contributed by atoms with Crippen LogP contribution in [0.4, 0.5) is 0 Å². The van der Waals surface area contributed by atoms with Crippen LogP contribution in [0.5, 0.6) is 0 Å². The van der Waals surface area contributed by atoms with Crippen LogP contribution in [0.25, 0.3) is 44.5 Å². The van der Waals surface area contributed by atoms with Crippen molar-refractivity contribution >= 4 is 21.9 Å². The summed E-state index contributed by atoms with van der Waals surface area (Å²) in [4.78, 5) is 5.07. The number of furan rings is 1. The number of imidazole rings is 1. The Morgan fingerprint density at radius 2 is 1.49 bits per heavy atom. The molecule has 0 unspecified atom stereocenters. The van der Waals surface area contributed by atoms with Gasteiger partial charge in [0.05, 0.1) is 14.1 Å². The van der Waals surface area contributed by atoms with Crippen molar-refractivity contribution < 1.29 is 8.98 Å². The maximum Gasteiger partial charge on any atom is 0.292 e. The summed E-state index contributed by atoms with van der Waals surface area (Å²) in [5.41, 5.74) is 8.56. The SMILES string of the molecule is Cc1ccc2c(oc3c(-c4cc(C(C)(C)C)nc(C(C)(C)C)c4)cccc32)c1-c1n(C)cc[n+]1C. The average Bonchev–Trinajstić information content (AvgIpc) is 3.32. The van der Waals surface area contributed by atoms with Crippen molar-refractivity contribution in [1.82, 2.24) is 9.55 Å². The zero-order valence-corrected chi connectivity index (χ0v) is 22.4. The molecule has 5 rings (SSSR count). The molecule has 2 aromatic carbocycles. The molecule has 0 fully saturated rings. The van der Waals surface area contributed by atoms with E-state index in [-0.39, 0.29) is 10.8 Å². The van der Waals surface area contributed by atoms with Gasteiger partial charge in [0.1, 0.15) is 23.5 Å². The standard InChI is InChI=1S/C31H36N3O/c1-19-13-14-23-22-12-10-11-21(20-17-24(30(2,3)4)32-25(18-20)31(5,6)7)27(22)35-28(23)26(19)29-33(8)15-16-34(29)9/h10-18H,1-9H3/q+1.